The number of amides is 1. The largest absolute Gasteiger partial charge is 0.344 e. The first-order valence-corrected chi connectivity index (χ1v) is 7.46. The number of nitrogens with two attached hydrogens (primary N) is 1. The van der Waals surface area contributed by atoms with Gasteiger partial charge in [0.2, 0.25) is 0 Å². The Labute approximate surface area is 140 Å². The van der Waals surface area contributed by atoms with Gasteiger partial charge in [-0.25, -0.2) is 9.07 Å². The minimum absolute atomic E-state index is 0. The monoisotopic (exact) mass is 338 g/mol. The molecular formula is C16H20ClFN4O. The number of nitrogens with zero attached hydrogens (tertiary/aromatic N) is 2. The van der Waals surface area contributed by atoms with Crippen LogP contribution < -0.4 is 11.1 Å². The molecule has 0 radical (unpaired) electrons. The lowest BCUT2D eigenvalue weighted by atomic mass is 9.97. The van der Waals surface area contributed by atoms with Crippen molar-refractivity contribution >= 4 is 18.3 Å². The maximum atomic E-state index is 12.9. The molecule has 1 aromatic carbocycles. The zero-order valence-electron chi connectivity index (χ0n) is 12.7. The molecule has 1 aromatic heterocycles. The van der Waals surface area contributed by atoms with E-state index in [1.54, 1.807) is 29.1 Å². The van der Waals surface area contributed by atoms with Gasteiger partial charge in [0.1, 0.15) is 5.82 Å². The Morgan fingerprint density at radius 1 is 1.26 bits per heavy atom. The molecule has 0 bridgehead atoms. The summed E-state index contributed by atoms with van der Waals surface area (Å²) >= 11 is 0. The molecule has 0 unspecified atom stereocenters. The molecule has 0 spiro atoms. The van der Waals surface area contributed by atoms with Crippen LogP contribution in [-0.2, 0) is 0 Å². The van der Waals surface area contributed by atoms with Crippen LogP contribution in [0.15, 0.2) is 36.5 Å². The van der Waals surface area contributed by atoms with E-state index in [0.29, 0.717) is 17.9 Å². The van der Waals surface area contributed by atoms with E-state index in [4.69, 9.17) is 5.73 Å². The Hall–Kier alpha value is -1.92. The number of carbonyl (C=O) groups excluding carboxylic acids is 1. The van der Waals surface area contributed by atoms with Crippen LogP contribution in [-0.4, -0.2) is 27.8 Å². The second-order valence-electron chi connectivity index (χ2n) is 5.77. The van der Waals surface area contributed by atoms with Crippen LogP contribution >= 0.6 is 12.4 Å². The molecule has 3 rings (SSSR count). The molecule has 0 atom stereocenters. The summed E-state index contributed by atoms with van der Waals surface area (Å²) in [5, 5.41) is 7.29. The molecule has 0 aliphatic heterocycles. The van der Waals surface area contributed by atoms with E-state index in [9.17, 15) is 9.18 Å². The summed E-state index contributed by atoms with van der Waals surface area (Å²) in [5.41, 5.74) is 6.58. The van der Waals surface area contributed by atoms with Crippen LogP contribution in [0.25, 0.3) is 5.69 Å². The van der Waals surface area contributed by atoms with Crippen LogP contribution in [0.2, 0.25) is 0 Å². The fraction of sp³-hybridized carbons (Fsp3) is 0.375. The third kappa shape index (κ3) is 3.71. The highest BCUT2D eigenvalue weighted by atomic mass is 35.5. The van der Waals surface area contributed by atoms with Crippen LogP contribution in [0.4, 0.5) is 4.39 Å². The summed E-state index contributed by atoms with van der Waals surface area (Å²) in [7, 11) is 0. The van der Waals surface area contributed by atoms with Crippen LogP contribution in [0.5, 0.6) is 0 Å². The maximum absolute atomic E-state index is 12.9. The van der Waals surface area contributed by atoms with E-state index in [-0.39, 0.29) is 29.7 Å². The number of benzene rings is 1. The summed E-state index contributed by atoms with van der Waals surface area (Å²) in [6, 6.07) is 7.60. The Balaban J connectivity index is 0.00000192. The highest BCUT2D eigenvalue weighted by Crippen LogP contribution is 2.28. The second-order valence-corrected chi connectivity index (χ2v) is 5.77. The van der Waals surface area contributed by atoms with E-state index in [1.807, 2.05) is 0 Å². The van der Waals surface area contributed by atoms with Crippen molar-refractivity contribution in [2.24, 2.45) is 5.73 Å². The lowest BCUT2D eigenvalue weighted by molar-refractivity contribution is 0.0897. The van der Waals surface area contributed by atoms with Crippen molar-refractivity contribution in [2.45, 2.75) is 31.2 Å². The van der Waals surface area contributed by atoms with Gasteiger partial charge in [0.25, 0.3) is 5.91 Å². The van der Waals surface area contributed by atoms with Crippen molar-refractivity contribution in [1.29, 1.82) is 0 Å². The third-order valence-electron chi connectivity index (χ3n) is 4.24. The fourth-order valence-electron chi connectivity index (χ4n) is 2.92. The first-order valence-electron chi connectivity index (χ1n) is 7.46. The number of hydrogen-bond donors (Lipinski definition) is 2. The predicted molar refractivity (Wildman–Crippen MR) is 88.5 cm³/mol. The molecule has 1 aliphatic rings. The van der Waals surface area contributed by atoms with Gasteiger partial charge in [-0.2, -0.15) is 5.10 Å². The van der Waals surface area contributed by atoms with Crippen molar-refractivity contribution in [2.75, 3.05) is 6.54 Å². The Bertz CT molecular complexity index is 665. The molecule has 1 saturated carbocycles. The quantitative estimate of drug-likeness (QED) is 0.899. The van der Waals surface area contributed by atoms with E-state index in [2.05, 4.69) is 10.4 Å². The zero-order chi connectivity index (χ0) is 15.6. The van der Waals surface area contributed by atoms with Crippen molar-refractivity contribution in [3.63, 3.8) is 0 Å². The van der Waals surface area contributed by atoms with Gasteiger partial charge in [-0.3, -0.25) is 4.79 Å². The number of aromatic nitrogens is 2. The number of halogens is 2. The molecule has 3 N–H and O–H groups in total. The van der Waals surface area contributed by atoms with Gasteiger partial charge in [0.15, 0.2) is 5.69 Å². The average molecular weight is 339 g/mol. The number of carbonyl (C=O) groups is 1. The Morgan fingerprint density at radius 3 is 2.52 bits per heavy atom. The smallest absolute Gasteiger partial charge is 0.272 e. The molecule has 1 fully saturated rings. The van der Waals surface area contributed by atoms with E-state index in [0.717, 1.165) is 25.7 Å². The number of nitrogens with one attached hydrogen (secondary N) is 1. The molecular weight excluding hydrogens is 319 g/mol. The van der Waals surface area contributed by atoms with Gasteiger partial charge in [-0.15, -0.1) is 12.4 Å². The molecule has 23 heavy (non-hydrogen) atoms. The molecule has 1 aliphatic carbocycles. The maximum Gasteiger partial charge on any atom is 0.272 e. The van der Waals surface area contributed by atoms with Crippen LogP contribution in [0.3, 0.4) is 0 Å². The summed E-state index contributed by atoms with van der Waals surface area (Å²) in [4.78, 5) is 12.4. The first kappa shape index (κ1) is 17.4. The molecule has 1 amide bonds. The zero-order valence-corrected chi connectivity index (χ0v) is 13.5. The molecule has 0 saturated heterocycles. The first-order chi connectivity index (χ1) is 10.6. The Kier molecular flexibility index (Phi) is 5.38. The van der Waals surface area contributed by atoms with Crippen LogP contribution in [0.1, 0.15) is 36.2 Å². The van der Waals surface area contributed by atoms with Crippen molar-refractivity contribution in [3.8, 4) is 5.69 Å². The number of rotatable bonds is 4. The molecule has 5 nitrogen and oxygen atoms in total. The third-order valence-corrected chi connectivity index (χ3v) is 4.24. The average Bonchev–Trinajstić information content (AvgIpc) is 3.18. The fourth-order valence-corrected chi connectivity index (χ4v) is 2.92. The van der Waals surface area contributed by atoms with Crippen LogP contribution in [0, 0.1) is 5.82 Å². The molecule has 2 aromatic rings. The van der Waals surface area contributed by atoms with Crippen molar-refractivity contribution < 1.29 is 9.18 Å². The van der Waals surface area contributed by atoms with E-state index < -0.39 is 0 Å². The van der Waals surface area contributed by atoms with Crippen molar-refractivity contribution in [1.82, 2.24) is 15.1 Å². The standard InChI is InChI=1S/C16H19FN4O.ClH/c17-12-3-5-13(6-4-12)21-10-7-14(20-21)15(22)19-16(11-18)8-1-2-9-16;/h3-7,10H,1-2,8-9,11,18H2,(H,19,22);1H. The number of hydrogen-bond acceptors (Lipinski definition) is 3. The van der Waals surface area contributed by atoms with Gasteiger partial charge >= 0.3 is 0 Å². The molecule has 124 valence electrons. The lowest BCUT2D eigenvalue weighted by Crippen LogP contribution is -2.51. The van der Waals surface area contributed by atoms with Gasteiger partial charge < -0.3 is 11.1 Å². The highest BCUT2D eigenvalue weighted by Gasteiger charge is 2.34. The van der Waals surface area contributed by atoms with Crippen molar-refractivity contribution in [3.05, 3.63) is 48.0 Å². The van der Waals surface area contributed by atoms with Gasteiger partial charge in [0, 0.05) is 12.7 Å². The summed E-state index contributed by atoms with van der Waals surface area (Å²) < 4.78 is 14.5. The SMILES string of the molecule is Cl.NCC1(NC(=O)c2ccn(-c3ccc(F)cc3)n2)CCCC1. The summed E-state index contributed by atoms with van der Waals surface area (Å²) in [6.07, 6.45) is 5.68. The molecule has 7 heteroatoms. The summed E-state index contributed by atoms with van der Waals surface area (Å²) in [6.45, 7) is 0.442. The van der Waals surface area contributed by atoms with E-state index >= 15 is 0 Å². The van der Waals surface area contributed by atoms with Gasteiger partial charge in [0.05, 0.1) is 11.2 Å². The van der Waals surface area contributed by atoms with Gasteiger partial charge in [-0.1, -0.05) is 12.8 Å². The lowest BCUT2D eigenvalue weighted by Gasteiger charge is -2.28. The topological polar surface area (TPSA) is 72.9 Å². The predicted octanol–water partition coefficient (Wildman–Crippen LogP) is 2.43. The van der Waals surface area contributed by atoms with Gasteiger partial charge in [-0.05, 0) is 43.2 Å². The highest BCUT2D eigenvalue weighted by molar-refractivity contribution is 5.92. The summed E-state index contributed by atoms with van der Waals surface area (Å²) in [5.74, 6) is -0.520. The normalized spacial score (nSPS) is 15.9. The Morgan fingerprint density at radius 2 is 1.91 bits per heavy atom. The molecule has 1 heterocycles. The minimum Gasteiger partial charge on any atom is -0.344 e. The minimum atomic E-state index is -0.306. The second kappa shape index (κ2) is 7.10. The van der Waals surface area contributed by atoms with E-state index in [1.165, 1.54) is 12.1 Å².